The number of carboxylic acid groups (broad SMARTS) is 1. The zero-order chi connectivity index (χ0) is 37.1. The van der Waals surface area contributed by atoms with Crippen molar-refractivity contribution >= 4 is 46.8 Å². The Morgan fingerprint density at radius 1 is 0.860 bits per heavy atom. The van der Waals surface area contributed by atoms with E-state index in [4.69, 9.17) is 27.4 Å². The van der Waals surface area contributed by atoms with Crippen molar-refractivity contribution in [3.05, 3.63) is 36.4 Å². The maximum absolute atomic E-state index is 13.8. The van der Waals surface area contributed by atoms with Gasteiger partial charge in [0.2, 0.25) is 23.3 Å². The molecule has 16 heteroatoms. The number of aliphatic carboxylic acids is 1. The largest absolute Gasteiger partial charge is 0.480 e. The number of hydrogen-bond donors (Lipinski definition) is 9. The Bertz CT molecular complexity index is 1440. The third-order valence-electron chi connectivity index (χ3n) is 8.13. The normalized spacial score (nSPS) is 13.8. The molecule has 16 nitrogen and oxygen atoms in total. The lowest BCUT2D eigenvalue weighted by Crippen LogP contribution is -2.57. The molecule has 1 heterocycles. The van der Waals surface area contributed by atoms with Crippen LogP contribution in [0.15, 0.2) is 39.9 Å². The van der Waals surface area contributed by atoms with Crippen molar-refractivity contribution in [2.75, 3.05) is 19.6 Å². The molecule has 0 aliphatic heterocycles. The van der Waals surface area contributed by atoms with Crippen LogP contribution in [0.25, 0.3) is 17.2 Å². The van der Waals surface area contributed by atoms with Gasteiger partial charge in [0.25, 0.3) is 5.52 Å². The monoisotopic (exact) mass is 701 g/mol. The average Bonchev–Trinajstić information content (AvgIpc) is 3.44. The Morgan fingerprint density at radius 3 is 1.96 bits per heavy atom. The molecule has 0 unspecified atom stereocenters. The highest BCUT2D eigenvalue weighted by Gasteiger charge is 2.31. The first-order chi connectivity index (χ1) is 23.9. The van der Waals surface area contributed by atoms with E-state index < -0.39 is 47.9 Å². The summed E-state index contributed by atoms with van der Waals surface area (Å²) in [5.74, 6) is -2.67. The Morgan fingerprint density at radius 2 is 1.42 bits per heavy atom. The lowest BCUT2D eigenvalue weighted by atomic mass is 10.0. The Kier molecular flexibility index (Phi) is 18.3. The fourth-order valence-corrected chi connectivity index (χ4v) is 5.37. The topological polar surface area (TPSA) is 270 Å². The van der Waals surface area contributed by atoms with Gasteiger partial charge in [-0.3, -0.25) is 19.4 Å². The standard InChI is InChI=1S/C34H56N10O6/c1-4-44-26-15-5-6-16-27(26)50-28(44)17-21-39-23(14-11-20-40-34(37)38)30(45)41-24(12-7-9-18-35)31(46)42-25(13-8-10-19-36)32(47)43-29(22(2)3)33(48)49/h5-6,15-17,21-25,29H,4,7-14,18-20,35-36H2,1-3H3,(H8,37,38,40,41,42,43,45,46,47,48,49)/p+1/t23-,24-,25-,29-/m0/s1. The van der Waals surface area contributed by atoms with Gasteiger partial charge in [0.1, 0.15) is 30.7 Å². The fraction of sp³-hybridized carbons (Fsp3) is 0.588. The predicted octanol–water partition coefficient (Wildman–Crippen LogP) is 0.176. The van der Waals surface area contributed by atoms with Crippen LogP contribution in [0.3, 0.4) is 0 Å². The first-order valence-electron chi connectivity index (χ1n) is 17.4. The third kappa shape index (κ3) is 13.7. The smallest absolute Gasteiger partial charge is 0.375 e. The number of amides is 3. The third-order valence-corrected chi connectivity index (χ3v) is 8.13. The summed E-state index contributed by atoms with van der Waals surface area (Å²) in [6.45, 7) is 7.12. The van der Waals surface area contributed by atoms with Gasteiger partial charge < -0.3 is 53.7 Å². The summed E-state index contributed by atoms with van der Waals surface area (Å²) in [5.41, 5.74) is 24.0. The number of hydrogen-bond acceptors (Lipinski definition) is 9. The number of oxazole rings is 1. The number of aryl methyl sites for hydroxylation is 1. The number of carbonyl (C=O) groups is 4. The van der Waals surface area contributed by atoms with Crippen LogP contribution in [0, 0.1) is 5.92 Å². The molecule has 0 fully saturated rings. The van der Waals surface area contributed by atoms with E-state index in [2.05, 4.69) is 26.3 Å². The first-order valence-corrected chi connectivity index (χ1v) is 17.4. The summed E-state index contributed by atoms with van der Waals surface area (Å²) < 4.78 is 8.00. The maximum Gasteiger partial charge on any atom is 0.375 e. The number of nitrogens with zero attached hydrogens (tertiary/aromatic N) is 2. The van der Waals surface area contributed by atoms with Crippen molar-refractivity contribution in [1.29, 1.82) is 0 Å². The van der Waals surface area contributed by atoms with Crippen LogP contribution in [0.2, 0.25) is 0 Å². The SMILES string of the molecule is CC[n+]1c(C=CN[C@@H](CCCN=C(N)N)C(=O)N[C@@H](CCCCN)C(=O)N[C@@H](CCCCN)C(=O)N[C@H](C(=O)O)C(C)C)oc2ccccc21. The lowest BCUT2D eigenvalue weighted by molar-refractivity contribution is -0.674. The molecule has 0 spiro atoms. The van der Waals surface area contributed by atoms with Crippen molar-refractivity contribution in [2.45, 2.75) is 103 Å². The van der Waals surface area contributed by atoms with Gasteiger partial charge in [-0.15, -0.1) is 0 Å². The fourth-order valence-electron chi connectivity index (χ4n) is 5.37. The molecule has 0 radical (unpaired) electrons. The van der Waals surface area contributed by atoms with Crippen LogP contribution in [-0.2, 0) is 25.7 Å². The number of fused-ring (bicyclic) bond motifs is 1. The molecule has 13 N–H and O–H groups in total. The molecule has 2 rings (SSSR count). The molecule has 50 heavy (non-hydrogen) atoms. The summed E-state index contributed by atoms with van der Waals surface area (Å²) in [7, 11) is 0. The molecule has 0 aliphatic carbocycles. The minimum atomic E-state index is -1.18. The zero-order valence-corrected chi connectivity index (χ0v) is 29.5. The van der Waals surface area contributed by atoms with Crippen LogP contribution in [0.4, 0.5) is 0 Å². The number of rotatable bonds is 24. The summed E-state index contributed by atoms with van der Waals surface area (Å²) in [6, 6.07) is 3.71. The number of aromatic nitrogens is 1. The van der Waals surface area contributed by atoms with Gasteiger partial charge in [-0.05, 0) is 83.4 Å². The molecule has 0 saturated carbocycles. The number of benzene rings is 1. The van der Waals surface area contributed by atoms with Gasteiger partial charge in [-0.2, -0.15) is 4.57 Å². The summed E-state index contributed by atoms with van der Waals surface area (Å²) in [4.78, 5) is 56.5. The van der Waals surface area contributed by atoms with Crippen molar-refractivity contribution < 1.29 is 33.3 Å². The number of guanidine groups is 1. The Balaban J connectivity index is 2.29. The summed E-state index contributed by atoms with van der Waals surface area (Å²) in [6.07, 6.45) is 6.94. The number of carbonyl (C=O) groups excluding carboxylic acids is 3. The molecule has 1 aromatic heterocycles. The highest BCUT2D eigenvalue weighted by molar-refractivity contribution is 5.94. The average molecular weight is 702 g/mol. The molecular weight excluding hydrogens is 644 g/mol. The van der Waals surface area contributed by atoms with E-state index in [1.165, 1.54) is 0 Å². The van der Waals surface area contributed by atoms with E-state index in [1.54, 1.807) is 26.1 Å². The second kappa shape index (κ2) is 22.1. The van der Waals surface area contributed by atoms with Gasteiger partial charge in [0, 0.05) is 18.8 Å². The number of para-hydroxylation sites is 2. The highest BCUT2D eigenvalue weighted by Crippen LogP contribution is 2.14. The summed E-state index contributed by atoms with van der Waals surface area (Å²) in [5, 5.41) is 20.9. The van der Waals surface area contributed by atoms with Crippen LogP contribution in [0.1, 0.15) is 78.0 Å². The van der Waals surface area contributed by atoms with Gasteiger partial charge in [0.05, 0.1) is 6.08 Å². The molecular formula is C34H57N10O6+. The molecule has 4 atom stereocenters. The van der Waals surface area contributed by atoms with Crippen molar-refractivity contribution in [2.24, 2.45) is 33.8 Å². The highest BCUT2D eigenvalue weighted by atomic mass is 16.4. The number of carboxylic acids is 1. The maximum atomic E-state index is 13.8. The molecule has 0 aliphatic rings. The Labute approximate surface area is 293 Å². The Hall–Kier alpha value is -4.70. The van der Waals surface area contributed by atoms with Crippen LogP contribution < -0.4 is 48.8 Å². The number of unbranched alkanes of at least 4 members (excludes halogenated alkanes) is 2. The number of nitrogens with two attached hydrogens (primary N) is 4. The molecule has 0 bridgehead atoms. The van der Waals surface area contributed by atoms with Gasteiger partial charge in [-0.25, -0.2) is 4.79 Å². The van der Waals surface area contributed by atoms with Gasteiger partial charge in [0.15, 0.2) is 5.96 Å². The number of nitrogens with one attached hydrogen (secondary N) is 4. The van der Waals surface area contributed by atoms with Crippen molar-refractivity contribution in [3.63, 3.8) is 0 Å². The van der Waals surface area contributed by atoms with E-state index in [9.17, 15) is 24.3 Å². The molecule has 278 valence electrons. The van der Waals surface area contributed by atoms with Crippen molar-refractivity contribution in [3.8, 4) is 0 Å². The predicted molar refractivity (Wildman–Crippen MR) is 192 cm³/mol. The van der Waals surface area contributed by atoms with Crippen LogP contribution >= 0.6 is 0 Å². The van der Waals surface area contributed by atoms with Gasteiger partial charge in [-0.1, -0.05) is 26.0 Å². The van der Waals surface area contributed by atoms with E-state index in [0.29, 0.717) is 70.6 Å². The first kappa shape index (κ1) is 41.5. The van der Waals surface area contributed by atoms with Gasteiger partial charge >= 0.3 is 11.9 Å². The van der Waals surface area contributed by atoms with E-state index in [1.807, 2.05) is 35.8 Å². The molecule has 1 aromatic carbocycles. The zero-order valence-electron chi connectivity index (χ0n) is 29.5. The van der Waals surface area contributed by atoms with E-state index >= 15 is 0 Å². The van der Waals surface area contributed by atoms with Crippen LogP contribution in [-0.4, -0.2) is 78.6 Å². The second-order valence-electron chi connectivity index (χ2n) is 12.4. The minimum absolute atomic E-state index is 0.0578. The lowest BCUT2D eigenvalue weighted by Gasteiger charge is -2.26. The van der Waals surface area contributed by atoms with E-state index in [-0.39, 0.29) is 24.7 Å². The molecule has 3 amide bonds. The quantitative estimate of drug-likeness (QED) is 0.0308. The second-order valence-corrected chi connectivity index (χ2v) is 12.4. The minimum Gasteiger partial charge on any atom is -0.480 e. The van der Waals surface area contributed by atoms with Crippen molar-refractivity contribution in [1.82, 2.24) is 21.3 Å². The molecule has 0 saturated heterocycles. The molecule has 2 aromatic rings. The van der Waals surface area contributed by atoms with Crippen LogP contribution in [0.5, 0.6) is 0 Å². The summed E-state index contributed by atoms with van der Waals surface area (Å²) >= 11 is 0. The number of aliphatic imine (C=N–C) groups is 1. The van der Waals surface area contributed by atoms with E-state index in [0.717, 1.165) is 11.1 Å².